The predicted molar refractivity (Wildman–Crippen MR) is 37.7 cm³/mol. The summed E-state index contributed by atoms with van der Waals surface area (Å²) >= 11 is 0. The van der Waals surface area contributed by atoms with Crippen molar-refractivity contribution in [3.05, 3.63) is 0 Å². The van der Waals surface area contributed by atoms with Crippen LogP contribution >= 0.6 is 0 Å². The molecule has 1 saturated heterocycles. The van der Waals surface area contributed by atoms with E-state index in [1.54, 1.807) is 0 Å². The molecule has 0 aromatic carbocycles. The first-order chi connectivity index (χ1) is 5.41. The van der Waals surface area contributed by atoms with E-state index in [0.717, 1.165) is 0 Å². The second-order valence-electron chi connectivity index (χ2n) is 3.24. The van der Waals surface area contributed by atoms with Crippen molar-refractivity contribution in [1.29, 1.82) is 0 Å². The number of rotatable bonds is 1. The van der Waals surface area contributed by atoms with Crippen molar-refractivity contribution >= 4 is 0 Å². The Kier molecular flexibility index (Phi) is 2.63. The summed E-state index contributed by atoms with van der Waals surface area (Å²) in [7, 11) is 0. The molecule has 0 radical (unpaired) electrons. The topological polar surface area (TPSA) is 32.3 Å². The lowest BCUT2D eigenvalue weighted by Crippen LogP contribution is -2.46. The Hall–Kier alpha value is -0.290. The predicted octanol–water partition coefficient (Wildman–Crippen LogP) is 1.05. The highest BCUT2D eigenvalue weighted by Gasteiger charge is 2.45. The highest BCUT2D eigenvalue weighted by Crippen LogP contribution is 2.27. The lowest BCUT2D eigenvalue weighted by atomic mass is 10.1. The Morgan fingerprint density at radius 2 is 2.00 bits per heavy atom. The van der Waals surface area contributed by atoms with E-state index >= 15 is 0 Å². The van der Waals surface area contributed by atoms with Crippen LogP contribution in [-0.2, 0) is 0 Å². The van der Waals surface area contributed by atoms with Crippen molar-refractivity contribution in [3.63, 3.8) is 0 Å². The van der Waals surface area contributed by atoms with Crippen molar-refractivity contribution in [3.8, 4) is 0 Å². The summed E-state index contributed by atoms with van der Waals surface area (Å²) in [6, 6.07) is -0.744. The van der Waals surface area contributed by atoms with E-state index in [9.17, 15) is 13.2 Å². The van der Waals surface area contributed by atoms with Gasteiger partial charge in [0, 0.05) is 12.1 Å². The molecule has 2 N–H and O–H groups in total. The minimum atomic E-state index is -4.50. The fourth-order valence-electron chi connectivity index (χ4n) is 1.44. The molecule has 12 heavy (non-hydrogen) atoms. The molecule has 72 valence electrons. The van der Waals surface area contributed by atoms with Crippen molar-refractivity contribution in [2.75, 3.05) is 0 Å². The molecule has 0 bridgehead atoms. The van der Waals surface area contributed by atoms with Crippen LogP contribution in [0.2, 0.25) is 0 Å². The summed E-state index contributed by atoms with van der Waals surface area (Å²) in [5.74, 6) is 0. The third-order valence-corrected chi connectivity index (χ3v) is 2.13. The van der Waals surface area contributed by atoms with Gasteiger partial charge in [0.05, 0.1) is 0 Å². The molecule has 3 unspecified atom stereocenters. The molecule has 1 heterocycles. The molecule has 5 heteroatoms. The number of aliphatic hydroxyl groups is 1. The molecule has 0 aromatic heterocycles. The first kappa shape index (κ1) is 9.80. The zero-order valence-electron chi connectivity index (χ0n) is 6.73. The van der Waals surface area contributed by atoms with E-state index < -0.39 is 18.3 Å². The molecule has 0 amide bonds. The number of hydrogen-bond acceptors (Lipinski definition) is 2. The standard InChI is InChI=1S/C7H12F3NO/c1-4-2-3-5(11-4)6(12)7(8,9)10/h4-6,11-12H,2-3H2,1H3. The van der Waals surface area contributed by atoms with Gasteiger partial charge >= 0.3 is 6.18 Å². The second-order valence-corrected chi connectivity index (χ2v) is 3.24. The van der Waals surface area contributed by atoms with E-state index in [1.807, 2.05) is 6.92 Å². The molecule has 2 nitrogen and oxygen atoms in total. The van der Waals surface area contributed by atoms with Gasteiger partial charge < -0.3 is 10.4 Å². The summed E-state index contributed by atoms with van der Waals surface area (Å²) in [6.45, 7) is 1.81. The Morgan fingerprint density at radius 1 is 1.42 bits per heavy atom. The third kappa shape index (κ3) is 2.10. The Bertz CT molecular complexity index is 159. The summed E-state index contributed by atoms with van der Waals surface area (Å²) < 4.78 is 35.8. The maximum atomic E-state index is 11.9. The van der Waals surface area contributed by atoms with Crippen LogP contribution in [0.25, 0.3) is 0 Å². The zero-order chi connectivity index (χ0) is 9.35. The van der Waals surface area contributed by atoms with Crippen LogP contribution in [0, 0.1) is 0 Å². The Labute approximate surface area is 68.8 Å². The van der Waals surface area contributed by atoms with Crippen molar-refractivity contribution < 1.29 is 18.3 Å². The summed E-state index contributed by atoms with van der Waals surface area (Å²) in [6.07, 6.45) is -5.64. The van der Waals surface area contributed by atoms with Crippen LogP contribution < -0.4 is 5.32 Å². The fourth-order valence-corrected chi connectivity index (χ4v) is 1.44. The van der Waals surface area contributed by atoms with Crippen LogP contribution in [0.3, 0.4) is 0 Å². The monoisotopic (exact) mass is 183 g/mol. The maximum absolute atomic E-state index is 11.9. The lowest BCUT2D eigenvalue weighted by Gasteiger charge is -2.21. The van der Waals surface area contributed by atoms with Crippen LogP contribution in [0.15, 0.2) is 0 Å². The Balaban J connectivity index is 2.48. The van der Waals surface area contributed by atoms with Gasteiger partial charge in [-0.1, -0.05) is 0 Å². The SMILES string of the molecule is CC1CCC(C(O)C(F)(F)F)N1. The maximum Gasteiger partial charge on any atom is 0.415 e. The molecule has 0 spiro atoms. The summed E-state index contributed by atoms with van der Waals surface area (Å²) in [4.78, 5) is 0. The summed E-state index contributed by atoms with van der Waals surface area (Å²) in [5.41, 5.74) is 0. The van der Waals surface area contributed by atoms with Gasteiger partial charge in [-0.05, 0) is 19.8 Å². The smallest absolute Gasteiger partial charge is 0.382 e. The average Bonchev–Trinajstić information content (AvgIpc) is 2.32. The van der Waals surface area contributed by atoms with Gasteiger partial charge in [-0.25, -0.2) is 0 Å². The van der Waals surface area contributed by atoms with Crippen LogP contribution in [0.4, 0.5) is 13.2 Å². The molecule has 0 saturated carbocycles. The number of halogens is 3. The fraction of sp³-hybridized carbons (Fsp3) is 1.00. The normalized spacial score (nSPS) is 33.8. The van der Waals surface area contributed by atoms with E-state index in [0.29, 0.717) is 12.8 Å². The molecule has 1 rings (SSSR count). The van der Waals surface area contributed by atoms with E-state index in [-0.39, 0.29) is 6.04 Å². The van der Waals surface area contributed by atoms with Gasteiger partial charge in [0.25, 0.3) is 0 Å². The molecule has 3 atom stereocenters. The van der Waals surface area contributed by atoms with E-state index in [1.165, 1.54) is 0 Å². The van der Waals surface area contributed by atoms with Gasteiger partial charge in [-0.15, -0.1) is 0 Å². The van der Waals surface area contributed by atoms with Crippen LogP contribution in [0.1, 0.15) is 19.8 Å². The Morgan fingerprint density at radius 3 is 2.33 bits per heavy atom. The summed E-state index contributed by atoms with van der Waals surface area (Å²) in [5, 5.41) is 11.5. The largest absolute Gasteiger partial charge is 0.415 e. The first-order valence-electron chi connectivity index (χ1n) is 3.92. The molecule has 1 fully saturated rings. The quantitative estimate of drug-likeness (QED) is 0.636. The highest BCUT2D eigenvalue weighted by atomic mass is 19.4. The van der Waals surface area contributed by atoms with E-state index in [4.69, 9.17) is 5.11 Å². The molecule has 1 aliphatic rings. The van der Waals surface area contributed by atoms with Crippen LogP contribution in [0.5, 0.6) is 0 Å². The number of aliphatic hydroxyl groups excluding tert-OH is 1. The number of alkyl halides is 3. The zero-order valence-corrected chi connectivity index (χ0v) is 6.73. The second kappa shape index (κ2) is 3.22. The minimum absolute atomic E-state index is 0.0759. The minimum Gasteiger partial charge on any atom is -0.382 e. The van der Waals surface area contributed by atoms with Gasteiger partial charge in [0.1, 0.15) is 0 Å². The molecule has 0 aliphatic carbocycles. The van der Waals surface area contributed by atoms with Crippen molar-refractivity contribution in [2.24, 2.45) is 0 Å². The van der Waals surface area contributed by atoms with Crippen LogP contribution in [-0.4, -0.2) is 29.5 Å². The van der Waals surface area contributed by atoms with Gasteiger partial charge in [-0.3, -0.25) is 0 Å². The number of nitrogens with one attached hydrogen (secondary N) is 1. The molecular formula is C7H12F3NO. The lowest BCUT2D eigenvalue weighted by molar-refractivity contribution is -0.211. The highest BCUT2D eigenvalue weighted by molar-refractivity contribution is 4.88. The van der Waals surface area contributed by atoms with Crippen molar-refractivity contribution in [1.82, 2.24) is 5.32 Å². The first-order valence-corrected chi connectivity index (χ1v) is 3.92. The van der Waals surface area contributed by atoms with Gasteiger partial charge in [0.2, 0.25) is 0 Å². The van der Waals surface area contributed by atoms with Crippen molar-refractivity contribution in [2.45, 2.75) is 44.1 Å². The average molecular weight is 183 g/mol. The van der Waals surface area contributed by atoms with Gasteiger partial charge in [0.15, 0.2) is 6.10 Å². The molecule has 1 aliphatic heterocycles. The number of hydrogen-bond donors (Lipinski definition) is 2. The third-order valence-electron chi connectivity index (χ3n) is 2.13. The molecular weight excluding hydrogens is 171 g/mol. The van der Waals surface area contributed by atoms with Gasteiger partial charge in [-0.2, -0.15) is 13.2 Å². The molecule has 0 aromatic rings. The van der Waals surface area contributed by atoms with E-state index in [2.05, 4.69) is 5.32 Å².